The third-order valence-electron chi connectivity index (χ3n) is 16.5. The van der Waals surface area contributed by atoms with Crippen LogP contribution >= 0.6 is 114 Å². The van der Waals surface area contributed by atoms with Crippen LogP contribution in [-0.2, 0) is 34.5 Å². The summed E-state index contributed by atoms with van der Waals surface area (Å²) in [4.78, 5) is 35.5. The van der Waals surface area contributed by atoms with Crippen LogP contribution in [0.1, 0.15) is 111 Å². The van der Waals surface area contributed by atoms with Gasteiger partial charge in [-0.3, -0.25) is 22.5 Å². The number of carbonyl (C=O) groups is 2. The molecule has 0 spiro atoms. The summed E-state index contributed by atoms with van der Waals surface area (Å²) in [5, 5.41) is 1.51. The Balaban J connectivity index is 0.000000211. The van der Waals surface area contributed by atoms with Gasteiger partial charge in [0.25, 0.3) is 0 Å². The van der Waals surface area contributed by atoms with Crippen molar-refractivity contribution in [3.63, 3.8) is 0 Å². The van der Waals surface area contributed by atoms with Gasteiger partial charge >= 0.3 is 7.54 Å². The first kappa shape index (κ1) is 84.7. The predicted molar refractivity (Wildman–Crippen MR) is 416 cm³/mol. The Labute approximate surface area is 662 Å². The summed E-state index contributed by atoms with van der Waals surface area (Å²) < 4.78 is 180. The highest BCUT2D eigenvalue weighted by Crippen LogP contribution is 2.51. The lowest BCUT2D eigenvalue weighted by atomic mass is 9.98. The molecular formula is C74H65BF12I4N2O7S4. The number of unbranched alkanes of at least 4 members (excludes halogenated alkanes) is 2. The lowest BCUT2D eigenvalue weighted by Gasteiger charge is -2.19. The number of rotatable bonds is 23. The molecule has 0 N–H and O–H groups in total. The molecule has 8 aromatic carbocycles. The van der Waals surface area contributed by atoms with E-state index in [0.29, 0.717) is 83.1 Å². The highest BCUT2D eigenvalue weighted by atomic mass is 127. The van der Waals surface area contributed by atoms with Gasteiger partial charge in [0.05, 0.1) is 55.8 Å². The van der Waals surface area contributed by atoms with E-state index in [4.69, 9.17) is 18.3 Å². The second-order valence-corrected chi connectivity index (χ2v) is 33.2. The zero-order chi connectivity index (χ0) is 74.7. The molecule has 12 rings (SSSR count). The Hall–Kier alpha value is -4.96. The molecule has 0 bridgehead atoms. The molecule has 0 aliphatic carbocycles. The quantitative estimate of drug-likeness (QED) is 0.0201. The number of likely N-dealkylation sites (N-methyl/N-ethyl adjacent to an activating group) is 2. The van der Waals surface area contributed by atoms with Gasteiger partial charge < -0.3 is 32.8 Å². The van der Waals surface area contributed by atoms with Crippen molar-refractivity contribution in [3.8, 4) is 11.5 Å². The fraction of sp³-hybridized carbons (Fsp3) is 0.270. The van der Waals surface area contributed by atoms with Crippen LogP contribution in [0.15, 0.2) is 168 Å². The van der Waals surface area contributed by atoms with Crippen molar-refractivity contribution in [1.29, 1.82) is 0 Å². The van der Waals surface area contributed by atoms with Crippen molar-refractivity contribution in [3.05, 3.63) is 210 Å². The van der Waals surface area contributed by atoms with Crippen LogP contribution in [0.2, 0.25) is 0 Å². The Morgan fingerprint density at radius 2 is 0.846 bits per heavy atom. The first-order chi connectivity index (χ1) is 49.2. The van der Waals surface area contributed by atoms with Gasteiger partial charge in [-0.1, -0.05) is 96.1 Å². The Bertz CT molecular complexity index is 4630. The molecule has 0 saturated heterocycles. The van der Waals surface area contributed by atoms with Crippen LogP contribution in [0.5, 0.6) is 11.5 Å². The SMILES string of the molecule is CCCCc1oc2cc([S+]3c4cc(F)c(F)cc4Sc4cc(F)c(F)cc43)ccc2c1C(=O)c1cc(I)c(OCCN(CC)CC)c(I)c1.CCCCc1oc2ccccc2c1C(=O)c1cc(I)c(OCCN(CC)CC)c(I)c1.FB(F)F.O=S1c2cc(F)c(F)cc2Sc2cc(F)c(F)cc21.[F-]. The lowest BCUT2D eigenvalue weighted by molar-refractivity contribution is -0.0000438. The number of para-hydroxylation sites is 1. The van der Waals surface area contributed by atoms with Gasteiger partial charge in [-0.15, -0.1) is 0 Å². The summed E-state index contributed by atoms with van der Waals surface area (Å²) in [6, 6.07) is 28.6. The lowest BCUT2D eigenvalue weighted by Crippen LogP contribution is -3.00. The molecule has 4 heterocycles. The summed E-state index contributed by atoms with van der Waals surface area (Å²) in [5.74, 6) is -5.70. The molecule has 0 saturated carbocycles. The van der Waals surface area contributed by atoms with Crippen molar-refractivity contribution in [2.75, 3.05) is 52.5 Å². The molecule has 0 atom stereocenters. The molecule has 0 fully saturated rings. The number of hydrogen-bond acceptors (Lipinski definition) is 11. The zero-order valence-electron chi connectivity index (χ0n) is 56.4. The van der Waals surface area contributed by atoms with Gasteiger partial charge in [0.15, 0.2) is 72.8 Å². The van der Waals surface area contributed by atoms with Crippen LogP contribution in [0.3, 0.4) is 0 Å². The molecular weight excluding hydrogens is 1900 g/mol. The Morgan fingerprint density at radius 3 is 1.25 bits per heavy atom. The van der Waals surface area contributed by atoms with Crippen LogP contribution < -0.4 is 14.2 Å². The maximum atomic E-state index is 14.6. The topological polar surface area (TPSA) is 102 Å². The van der Waals surface area contributed by atoms with E-state index in [1.807, 2.05) is 48.5 Å². The second kappa shape index (κ2) is 38.9. The van der Waals surface area contributed by atoms with E-state index < -0.39 is 75.8 Å². The van der Waals surface area contributed by atoms with Gasteiger partial charge in [-0.2, -0.15) is 0 Å². The maximum absolute atomic E-state index is 14.6. The summed E-state index contributed by atoms with van der Waals surface area (Å²) in [7, 11) is -6.64. The van der Waals surface area contributed by atoms with E-state index in [2.05, 4.69) is 142 Å². The summed E-state index contributed by atoms with van der Waals surface area (Å²) in [6.45, 7) is 19.5. The van der Waals surface area contributed by atoms with E-state index in [1.54, 1.807) is 18.2 Å². The monoisotopic (exact) mass is 1970 g/mol. The number of fused-ring (bicyclic) bond motifs is 6. The standard InChI is InChI=1S/C37H32F4I2NO3S2.C25H29I2NO3.C12H4F4OS2.BF3.FH/c1-4-7-8-29-35(36(45)20-13-27(42)37(28(43)14-20)46-12-11-44(5-2)6-3)22-10-9-21(15-30(22)47-29)49-33-18-25(40)23(38)16-31(33)48-32-17-24(39)26(41)19-34(32)49;1-4-7-11-22-23(18-10-8-9-12-21(18)31-22)24(29)17-15-19(26)25(20(27)16-17)30-14-13-28(5-2)6-3;13-5-1-9-11(3-7(5)15)19(17)12-4-8(16)6(14)2-10(12)18-9;2-1(3)4;/h9-10,13-19H,4-8,11-12H2,1-3H3;8-10,12,15-16H,4-7,11,13-14H2,1-3H3;1-4H;;1H/q+1;;;;/p-1. The normalized spacial score (nSPS) is 12.3. The molecule has 2 aromatic heterocycles. The average Bonchev–Trinajstić information content (AvgIpc) is 0.890. The Kier molecular flexibility index (Phi) is 31.7. The van der Waals surface area contributed by atoms with Crippen molar-refractivity contribution < 1.29 is 84.9 Å². The predicted octanol–water partition coefficient (Wildman–Crippen LogP) is 19.7. The minimum Gasteiger partial charge on any atom is -1.00 e. The van der Waals surface area contributed by atoms with E-state index in [9.17, 15) is 61.9 Å². The van der Waals surface area contributed by atoms with Crippen molar-refractivity contribution in [2.45, 2.75) is 124 Å². The molecule has 9 nitrogen and oxygen atoms in total. The van der Waals surface area contributed by atoms with Gasteiger partial charge in [0, 0.05) is 75.8 Å². The number of benzene rings is 8. The van der Waals surface area contributed by atoms with E-state index >= 15 is 0 Å². The largest absolute Gasteiger partial charge is 1.00 e. The van der Waals surface area contributed by atoms with E-state index in [-0.39, 0.29) is 35.9 Å². The fourth-order valence-corrected chi connectivity index (χ4v) is 21.8. The number of halogens is 16. The van der Waals surface area contributed by atoms with Crippen LogP contribution in [0.4, 0.5) is 48.1 Å². The number of aryl methyl sites for hydroxylation is 2. The molecule has 2 aliphatic rings. The Morgan fingerprint density at radius 1 is 0.490 bits per heavy atom. The van der Waals surface area contributed by atoms with Gasteiger partial charge in [0.2, 0.25) is 0 Å². The minimum absolute atomic E-state index is 0. The number of furan rings is 2. The number of ketones is 2. The molecule has 10 aromatic rings. The molecule has 2 aliphatic heterocycles. The van der Waals surface area contributed by atoms with Crippen molar-refractivity contribution >= 4 is 177 Å². The van der Waals surface area contributed by atoms with Crippen LogP contribution in [0.25, 0.3) is 21.9 Å². The third-order valence-corrected chi connectivity index (χ3v) is 26.2. The number of nitrogens with zero attached hydrogens (tertiary/aromatic N) is 2. The third kappa shape index (κ3) is 20.1. The summed E-state index contributed by atoms with van der Waals surface area (Å²) in [6.07, 6.45) is 5.07. The number of hydrogen-bond donors (Lipinski definition) is 0. The van der Waals surface area contributed by atoms with Gasteiger partial charge in [-0.05, 0) is 208 Å². The van der Waals surface area contributed by atoms with Crippen molar-refractivity contribution in [1.82, 2.24) is 9.80 Å². The highest BCUT2D eigenvalue weighted by molar-refractivity contribution is 14.1. The molecule has 30 heteroatoms. The molecule has 0 unspecified atom stereocenters. The molecule has 0 radical (unpaired) electrons. The molecule has 104 heavy (non-hydrogen) atoms. The summed E-state index contributed by atoms with van der Waals surface area (Å²) >= 11 is 10.9. The average molecular weight is 1970 g/mol. The van der Waals surface area contributed by atoms with E-state index in [1.165, 1.54) is 0 Å². The number of carbonyl (C=O) groups excluding carboxylic acids is 2. The maximum Gasteiger partial charge on any atom is 0.762 e. The fourth-order valence-electron chi connectivity index (χ4n) is 11.2. The van der Waals surface area contributed by atoms with E-state index in [0.717, 1.165) is 186 Å². The van der Waals surface area contributed by atoms with Gasteiger partial charge in [0.1, 0.15) is 58.3 Å². The smallest absolute Gasteiger partial charge is 0.762 e. The number of ether oxygens (including phenoxy) is 2. The van der Waals surface area contributed by atoms with Crippen LogP contribution in [0, 0.1) is 60.8 Å². The molecule has 552 valence electrons. The van der Waals surface area contributed by atoms with Crippen LogP contribution in [-0.4, -0.2) is 85.6 Å². The zero-order valence-corrected chi connectivity index (χ0v) is 68.3. The second-order valence-electron chi connectivity index (χ2n) is 23.0. The molecule has 0 amide bonds. The highest BCUT2D eigenvalue weighted by Gasteiger charge is 2.42. The summed E-state index contributed by atoms with van der Waals surface area (Å²) in [5.41, 5.74) is 3.59. The first-order valence-corrected chi connectivity index (χ1v) is 40.8. The van der Waals surface area contributed by atoms with Gasteiger partial charge in [-0.25, -0.2) is 39.3 Å². The minimum atomic E-state index is -3.67. The first-order valence-electron chi connectivity index (χ1n) is 32.5. The van der Waals surface area contributed by atoms with Crippen molar-refractivity contribution in [2.24, 2.45) is 0 Å².